The molecule has 0 aromatic carbocycles. The summed E-state index contributed by atoms with van der Waals surface area (Å²) in [5, 5.41) is 3.86. The van der Waals surface area contributed by atoms with Crippen molar-refractivity contribution in [3.05, 3.63) is 0 Å². The van der Waals surface area contributed by atoms with E-state index in [9.17, 15) is 0 Å². The number of hydrogen-bond donors (Lipinski definition) is 1. The van der Waals surface area contributed by atoms with Crippen LogP contribution in [0.25, 0.3) is 0 Å². The standard InChI is InChI=1S/C17H35N/c1-13(2)8-6-7-11-18-17-12-15(5)9-10-16(17)14(3)4/h13-18H,6-12H2,1-5H3. The van der Waals surface area contributed by atoms with Crippen molar-refractivity contribution in [2.24, 2.45) is 23.7 Å². The molecule has 3 unspecified atom stereocenters. The third-order valence-electron chi connectivity index (χ3n) is 4.64. The zero-order valence-corrected chi connectivity index (χ0v) is 13.3. The first-order valence-electron chi connectivity index (χ1n) is 8.24. The third kappa shape index (κ3) is 5.73. The molecule has 18 heavy (non-hydrogen) atoms. The number of nitrogens with one attached hydrogen (secondary N) is 1. The molecular weight excluding hydrogens is 218 g/mol. The third-order valence-corrected chi connectivity index (χ3v) is 4.64. The van der Waals surface area contributed by atoms with Crippen LogP contribution in [0.15, 0.2) is 0 Å². The van der Waals surface area contributed by atoms with Gasteiger partial charge in [0.15, 0.2) is 0 Å². The van der Waals surface area contributed by atoms with Crippen molar-refractivity contribution in [2.45, 2.75) is 79.2 Å². The molecular formula is C17H35N. The van der Waals surface area contributed by atoms with E-state index in [0.29, 0.717) is 0 Å². The molecule has 0 aliphatic heterocycles. The van der Waals surface area contributed by atoms with E-state index in [-0.39, 0.29) is 0 Å². The molecule has 1 aliphatic carbocycles. The minimum atomic E-state index is 0.785. The Kier molecular flexibility index (Phi) is 7.29. The summed E-state index contributed by atoms with van der Waals surface area (Å²) in [7, 11) is 0. The first-order chi connectivity index (χ1) is 8.50. The molecule has 0 saturated heterocycles. The van der Waals surface area contributed by atoms with Crippen LogP contribution in [0.2, 0.25) is 0 Å². The molecule has 0 bridgehead atoms. The molecule has 108 valence electrons. The molecule has 0 radical (unpaired) electrons. The molecule has 0 amide bonds. The highest BCUT2D eigenvalue weighted by atomic mass is 14.9. The molecule has 1 nitrogen and oxygen atoms in total. The first-order valence-corrected chi connectivity index (χ1v) is 8.24. The summed E-state index contributed by atoms with van der Waals surface area (Å²) in [6.07, 6.45) is 8.40. The summed E-state index contributed by atoms with van der Waals surface area (Å²) < 4.78 is 0. The summed E-state index contributed by atoms with van der Waals surface area (Å²) in [6.45, 7) is 13.1. The van der Waals surface area contributed by atoms with E-state index in [0.717, 1.165) is 29.7 Å². The largest absolute Gasteiger partial charge is 0.314 e. The lowest BCUT2D eigenvalue weighted by molar-refractivity contribution is 0.170. The van der Waals surface area contributed by atoms with Crippen LogP contribution in [-0.2, 0) is 0 Å². The van der Waals surface area contributed by atoms with Gasteiger partial charge in [0, 0.05) is 6.04 Å². The second-order valence-corrected chi connectivity index (χ2v) is 7.28. The van der Waals surface area contributed by atoms with Gasteiger partial charge in [0.2, 0.25) is 0 Å². The predicted octanol–water partition coefficient (Wildman–Crippen LogP) is 4.86. The van der Waals surface area contributed by atoms with Gasteiger partial charge in [-0.15, -0.1) is 0 Å². The van der Waals surface area contributed by atoms with E-state index in [1.165, 1.54) is 45.1 Å². The van der Waals surface area contributed by atoms with E-state index < -0.39 is 0 Å². The summed E-state index contributed by atoms with van der Waals surface area (Å²) >= 11 is 0. The van der Waals surface area contributed by atoms with Crippen molar-refractivity contribution >= 4 is 0 Å². The fourth-order valence-corrected chi connectivity index (χ4v) is 3.40. The van der Waals surface area contributed by atoms with Crippen molar-refractivity contribution < 1.29 is 0 Å². The van der Waals surface area contributed by atoms with Gasteiger partial charge in [0.25, 0.3) is 0 Å². The highest BCUT2D eigenvalue weighted by Crippen LogP contribution is 2.33. The Morgan fingerprint density at radius 1 is 1.06 bits per heavy atom. The number of unbranched alkanes of at least 4 members (excludes halogenated alkanes) is 1. The molecule has 1 fully saturated rings. The summed E-state index contributed by atoms with van der Waals surface area (Å²) in [5.74, 6) is 3.54. The Labute approximate surface area is 115 Å². The normalized spacial score (nSPS) is 29.2. The zero-order valence-electron chi connectivity index (χ0n) is 13.3. The molecule has 1 rings (SSSR count). The average Bonchev–Trinajstić information content (AvgIpc) is 2.27. The van der Waals surface area contributed by atoms with E-state index >= 15 is 0 Å². The second kappa shape index (κ2) is 8.19. The van der Waals surface area contributed by atoms with Crippen molar-refractivity contribution in [1.82, 2.24) is 5.32 Å². The van der Waals surface area contributed by atoms with Crippen LogP contribution in [0.3, 0.4) is 0 Å². The summed E-state index contributed by atoms with van der Waals surface area (Å²) in [4.78, 5) is 0. The van der Waals surface area contributed by atoms with E-state index in [1.54, 1.807) is 0 Å². The fraction of sp³-hybridized carbons (Fsp3) is 1.00. The van der Waals surface area contributed by atoms with Gasteiger partial charge in [-0.2, -0.15) is 0 Å². The van der Waals surface area contributed by atoms with Crippen molar-refractivity contribution in [1.29, 1.82) is 0 Å². The van der Waals surface area contributed by atoms with Crippen LogP contribution in [0, 0.1) is 23.7 Å². The van der Waals surface area contributed by atoms with E-state index in [4.69, 9.17) is 0 Å². The smallest absolute Gasteiger partial charge is 0.0100 e. The van der Waals surface area contributed by atoms with Crippen LogP contribution in [-0.4, -0.2) is 12.6 Å². The highest BCUT2D eigenvalue weighted by Gasteiger charge is 2.29. The maximum atomic E-state index is 3.86. The van der Waals surface area contributed by atoms with Crippen molar-refractivity contribution in [2.75, 3.05) is 6.54 Å². The van der Waals surface area contributed by atoms with Gasteiger partial charge in [-0.1, -0.05) is 53.9 Å². The van der Waals surface area contributed by atoms with Gasteiger partial charge in [-0.25, -0.2) is 0 Å². The van der Waals surface area contributed by atoms with Crippen molar-refractivity contribution in [3.8, 4) is 0 Å². The van der Waals surface area contributed by atoms with Crippen LogP contribution in [0.5, 0.6) is 0 Å². The Morgan fingerprint density at radius 3 is 2.39 bits per heavy atom. The van der Waals surface area contributed by atoms with Crippen LogP contribution in [0.4, 0.5) is 0 Å². The maximum absolute atomic E-state index is 3.86. The Morgan fingerprint density at radius 2 is 1.78 bits per heavy atom. The van der Waals surface area contributed by atoms with Crippen molar-refractivity contribution in [3.63, 3.8) is 0 Å². The van der Waals surface area contributed by atoms with Gasteiger partial charge in [0.05, 0.1) is 0 Å². The van der Waals surface area contributed by atoms with Gasteiger partial charge in [0.1, 0.15) is 0 Å². The molecule has 0 heterocycles. The molecule has 0 spiro atoms. The Bertz CT molecular complexity index is 210. The molecule has 1 N–H and O–H groups in total. The molecule has 3 atom stereocenters. The van der Waals surface area contributed by atoms with Crippen LogP contribution >= 0.6 is 0 Å². The lowest BCUT2D eigenvalue weighted by Gasteiger charge is -2.38. The SMILES string of the molecule is CC(C)CCCCNC1CC(C)CCC1C(C)C. The Hall–Kier alpha value is -0.0400. The molecule has 1 aliphatic rings. The minimum Gasteiger partial charge on any atom is -0.314 e. The van der Waals surface area contributed by atoms with Gasteiger partial charge >= 0.3 is 0 Å². The van der Waals surface area contributed by atoms with E-state index in [1.807, 2.05) is 0 Å². The second-order valence-electron chi connectivity index (χ2n) is 7.28. The minimum absolute atomic E-state index is 0.785. The first kappa shape index (κ1) is 16.0. The van der Waals surface area contributed by atoms with Crippen LogP contribution < -0.4 is 5.32 Å². The van der Waals surface area contributed by atoms with Gasteiger partial charge in [-0.3, -0.25) is 0 Å². The van der Waals surface area contributed by atoms with Gasteiger partial charge < -0.3 is 5.32 Å². The van der Waals surface area contributed by atoms with E-state index in [2.05, 4.69) is 39.9 Å². The number of rotatable bonds is 7. The fourth-order valence-electron chi connectivity index (χ4n) is 3.40. The van der Waals surface area contributed by atoms with Crippen LogP contribution in [0.1, 0.15) is 73.1 Å². The molecule has 1 saturated carbocycles. The van der Waals surface area contributed by atoms with Gasteiger partial charge in [-0.05, 0) is 49.5 Å². The number of hydrogen-bond acceptors (Lipinski definition) is 1. The summed E-state index contributed by atoms with van der Waals surface area (Å²) in [6, 6.07) is 0.785. The Balaban J connectivity index is 2.24. The molecule has 1 heteroatoms. The highest BCUT2D eigenvalue weighted by molar-refractivity contribution is 4.85. The average molecular weight is 253 g/mol. The monoisotopic (exact) mass is 253 g/mol. The molecule has 0 aromatic rings. The quantitative estimate of drug-likeness (QED) is 0.639. The summed E-state index contributed by atoms with van der Waals surface area (Å²) in [5.41, 5.74) is 0. The lowest BCUT2D eigenvalue weighted by atomic mass is 9.74. The lowest BCUT2D eigenvalue weighted by Crippen LogP contribution is -2.43. The topological polar surface area (TPSA) is 12.0 Å². The zero-order chi connectivity index (χ0) is 13.5. The maximum Gasteiger partial charge on any atom is 0.0100 e. The predicted molar refractivity (Wildman–Crippen MR) is 81.8 cm³/mol. The molecule has 0 aromatic heterocycles.